The molecule has 1 aromatic carbocycles. The molecule has 0 amide bonds. The molecule has 2 N–H and O–H groups in total. The second-order valence-corrected chi connectivity index (χ2v) is 6.12. The van der Waals surface area contributed by atoms with Crippen LogP contribution in [0.4, 0.5) is 20.3 Å². The van der Waals surface area contributed by atoms with Gasteiger partial charge in [-0.05, 0) is 50.1 Å². The molecule has 0 aliphatic carbocycles. The first kappa shape index (κ1) is 16.6. The number of nitrogens with one attached hydrogen (secondary N) is 1. The van der Waals surface area contributed by atoms with Gasteiger partial charge in [0.05, 0.1) is 12.1 Å². The number of anilines is 2. The summed E-state index contributed by atoms with van der Waals surface area (Å²) in [6.07, 6.45) is 2.61. The second kappa shape index (κ2) is 7.13. The van der Waals surface area contributed by atoms with Gasteiger partial charge < -0.3 is 15.3 Å². The van der Waals surface area contributed by atoms with Gasteiger partial charge >= 0.3 is 0 Å². The van der Waals surface area contributed by atoms with Crippen molar-refractivity contribution in [2.24, 2.45) is 0 Å². The van der Waals surface area contributed by atoms with Crippen LogP contribution < -0.4 is 10.2 Å². The molecule has 6 heteroatoms. The predicted molar refractivity (Wildman–Crippen MR) is 90.1 cm³/mol. The molecule has 3 rings (SSSR count). The average Bonchev–Trinajstić information content (AvgIpc) is 2.58. The van der Waals surface area contributed by atoms with Crippen molar-refractivity contribution in [2.45, 2.75) is 31.9 Å². The van der Waals surface area contributed by atoms with Gasteiger partial charge in [0.25, 0.3) is 0 Å². The molecule has 2 aromatic rings. The smallest absolute Gasteiger partial charge is 0.165 e. The fourth-order valence-corrected chi connectivity index (χ4v) is 3.04. The molecule has 1 unspecified atom stereocenters. The lowest BCUT2D eigenvalue weighted by Crippen LogP contribution is -2.36. The van der Waals surface area contributed by atoms with Crippen LogP contribution in [0.1, 0.15) is 31.4 Å². The van der Waals surface area contributed by atoms with Crippen molar-refractivity contribution in [2.75, 3.05) is 23.3 Å². The van der Waals surface area contributed by atoms with E-state index >= 15 is 0 Å². The fourth-order valence-electron chi connectivity index (χ4n) is 3.04. The minimum absolute atomic E-state index is 0.147. The first-order chi connectivity index (χ1) is 11.5. The second-order valence-electron chi connectivity index (χ2n) is 6.12. The number of benzene rings is 1. The largest absolute Gasteiger partial charge is 0.393 e. The van der Waals surface area contributed by atoms with Gasteiger partial charge in [0.15, 0.2) is 11.6 Å². The molecule has 1 aliphatic heterocycles. The van der Waals surface area contributed by atoms with Crippen LogP contribution in [-0.4, -0.2) is 29.3 Å². The van der Waals surface area contributed by atoms with Crippen LogP contribution in [-0.2, 0) is 0 Å². The minimum Gasteiger partial charge on any atom is -0.393 e. The number of nitrogens with zero attached hydrogens (tertiary/aromatic N) is 2. The Bertz CT molecular complexity index is 702. The third-order valence-electron chi connectivity index (χ3n) is 4.37. The van der Waals surface area contributed by atoms with Gasteiger partial charge in [-0.3, -0.25) is 0 Å². The molecular formula is C18H21F2N3O. The van der Waals surface area contributed by atoms with Crippen LogP contribution in [0, 0.1) is 11.6 Å². The van der Waals surface area contributed by atoms with Crippen molar-refractivity contribution >= 4 is 11.5 Å². The highest BCUT2D eigenvalue weighted by molar-refractivity contribution is 5.57. The molecular weight excluding hydrogens is 312 g/mol. The lowest BCUT2D eigenvalue weighted by molar-refractivity contribution is 0.145. The molecule has 1 saturated heterocycles. The number of piperidine rings is 1. The molecule has 1 fully saturated rings. The molecule has 0 bridgehead atoms. The maximum absolute atomic E-state index is 13.8. The summed E-state index contributed by atoms with van der Waals surface area (Å²) in [5.74, 6) is -0.626. The fraction of sp³-hybridized carbons (Fsp3) is 0.389. The van der Waals surface area contributed by atoms with E-state index in [4.69, 9.17) is 0 Å². The predicted octanol–water partition coefficient (Wildman–Crippen LogP) is 3.49. The van der Waals surface area contributed by atoms with Crippen LogP contribution in [0.5, 0.6) is 0 Å². The Hall–Kier alpha value is -2.21. The Labute approximate surface area is 140 Å². The number of aliphatic hydroxyl groups excluding tert-OH is 1. The molecule has 1 aliphatic rings. The van der Waals surface area contributed by atoms with Crippen LogP contribution in [0.25, 0.3) is 0 Å². The Morgan fingerprint density at radius 1 is 1.25 bits per heavy atom. The summed E-state index contributed by atoms with van der Waals surface area (Å²) in [6.45, 7) is 3.28. The summed E-state index contributed by atoms with van der Waals surface area (Å²) < 4.78 is 27.6. The van der Waals surface area contributed by atoms with Crippen molar-refractivity contribution in [1.29, 1.82) is 0 Å². The first-order valence-electron chi connectivity index (χ1n) is 8.14. The molecule has 128 valence electrons. The van der Waals surface area contributed by atoms with Gasteiger partial charge in [-0.2, -0.15) is 0 Å². The van der Waals surface area contributed by atoms with E-state index in [1.54, 1.807) is 6.07 Å². The van der Waals surface area contributed by atoms with Gasteiger partial charge in [-0.25, -0.2) is 13.8 Å². The maximum Gasteiger partial charge on any atom is 0.165 e. The Morgan fingerprint density at radius 3 is 2.71 bits per heavy atom. The topological polar surface area (TPSA) is 48.4 Å². The average molecular weight is 333 g/mol. The molecule has 1 aromatic heterocycles. The first-order valence-corrected chi connectivity index (χ1v) is 8.14. The number of aromatic nitrogens is 1. The van der Waals surface area contributed by atoms with E-state index in [2.05, 4.69) is 15.2 Å². The van der Waals surface area contributed by atoms with Crippen LogP contribution in [0.15, 0.2) is 36.5 Å². The van der Waals surface area contributed by atoms with Gasteiger partial charge in [-0.1, -0.05) is 0 Å². The number of halogens is 2. The normalized spacial score (nSPS) is 16.9. The third-order valence-corrected chi connectivity index (χ3v) is 4.37. The zero-order valence-corrected chi connectivity index (χ0v) is 13.5. The zero-order valence-electron chi connectivity index (χ0n) is 13.5. The van der Waals surface area contributed by atoms with Gasteiger partial charge in [0.1, 0.15) is 5.82 Å². The van der Waals surface area contributed by atoms with Crippen molar-refractivity contribution in [3.05, 3.63) is 53.7 Å². The molecule has 0 saturated carbocycles. The Balaban J connectivity index is 1.86. The van der Waals surface area contributed by atoms with Crippen molar-refractivity contribution < 1.29 is 13.9 Å². The standard InChI is InChI=1S/C18H21F2N3O/c1-12(22-18-16(20)3-2-8-21-18)15-11-13(19)4-5-17(15)23-9-6-14(24)7-10-23/h2-5,8,11-12,14,24H,6-7,9-10H2,1H3,(H,21,22). The molecule has 24 heavy (non-hydrogen) atoms. The van der Waals surface area contributed by atoms with Crippen molar-refractivity contribution in [3.8, 4) is 0 Å². The molecule has 2 heterocycles. The summed E-state index contributed by atoms with van der Waals surface area (Å²) in [7, 11) is 0. The number of hydrogen-bond acceptors (Lipinski definition) is 4. The molecule has 0 spiro atoms. The molecule has 1 atom stereocenters. The van der Waals surface area contributed by atoms with E-state index in [1.807, 2.05) is 6.92 Å². The highest BCUT2D eigenvalue weighted by Gasteiger charge is 2.22. The highest BCUT2D eigenvalue weighted by atomic mass is 19.1. The van der Waals surface area contributed by atoms with Crippen molar-refractivity contribution in [1.82, 2.24) is 4.98 Å². The SMILES string of the molecule is CC(Nc1ncccc1F)c1cc(F)ccc1N1CCC(O)CC1. The van der Waals surface area contributed by atoms with E-state index in [-0.39, 0.29) is 23.8 Å². The molecule has 4 nitrogen and oxygen atoms in total. The lowest BCUT2D eigenvalue weighted by Gasteiger charge is -2.34. The maximum atomic E-state index is 13.8. The highest BCUT2D eigenvalue weighted by Crippen LogP contribution is 2.31. The van der Waals surface area contributed by atoms with Gasteiger partial charge in [-0.15, -0.1) is 0 Å². The zero-order chi connectivity index (χ0) is 17.1. The number of aliphatic hydroxyl groups is 1. The summed E-state index contributed by atoms with van der Waals surface area (Å²) >= 11 is 0. The lowest BCUT2D eigenvalue weighted by atomic mass is 10.0. The van der Waals surface area contributed by atoms with E-state index in [9.17, 15) is 13.9 Å². The van der Waals surface area contributed by atoms with E-state index < -0.39 is 5.82 Å². The van der Waals surface area contributed by atoms with E-state index in [0.29, 0.717) is 25.9 Å². The van der Waals surface area contributed by atoms with Crippen LogP contribution in [0.3, 0.4) is 0 Å². The number of pyridine rings is 1. The number of rotatable bonds is 4. The van der Waals surface area contributed by atoms with Crippen molar-refractivity contribution in [3.63, 3.8) is 0 Å². The number of hydrogen-bond donors (Lipinski definition) is 2. The third kappa shape index (κ3) is 3.64. The van der Waals surface area contributed by atoms with Crippen LogP contribution in [0.2, 0.25) is 0 Å². The monoisotopic (exact) mass is 333 g/mol. The quantitative estimate of drug-likeness (QED) is 0.899. The summed E-state index contributed by atoms with van der Waals surface area (Å²) in [5.41, 5.74) is 1.65. The van der Waals surface area contributed by atoms with E-state index in [0.717, 1.165) is 11.3 Å². The van der Waals surface area contributed by atoms with Gasteiger partial charge in [0.2, 0.25) is 0 Å². The Kier molecular flexibility index (Phi) is 4.94. The van der Waals surface area contributed by atoms with Gasteiger partial charge in [0, 0.05) is 30.5 Å². The summed E-state index contributed by atoms with van der Waals surface area (Å²) in [4.78, 5) is 6.13. The Morgan fingerprint density at radius 2 is 2.00 bits per heavy atom. The summed E-state index contributed by atoms with van der Waals surface area (Å²) in [6, 6.07) is 7.19. The summed E-state index contributed by atoms with van der Waals surface area (Å²) in [5, 5.41) is 12.7. The minimum atomic E-state index is -0.441. The molecule has 0 radical (unpaired) electrons. The van der Waals surface area contributed by atoms with Crippen LogP contribution >= 0.6 is 0 Å². The van der Waals surface area contributed by atoms with E-state index in [1.165, 1.54) is 30.5 Å².